The first-order valence-corrected chi connectivity index (χ1v) is 18.3. The van der Waals surface area contributed by atoms with Crippen LogP contribution in [0.25, 0.3) is 0 Å². The normalized spacial score (nSPS) is 18.8. The zero-order valence-corrected chi connectivity index (χ0v) is 30.5. The molecule has 2 fully saturated rings. The lowest BCUT2D eigenvalue weighted by Gasteiger charge is -2.30. The first kappa shape index (κ1) is 34.4. The number of hydrogen-bond acceptors (Lipinski definition) is 5. The third-order valence-corrected chi connectivity index (χ3v) is 10.1. The Morgan fingerprint density at radius 3 is 1.60 bits per heavy atom. The van der Waals surface area contributed by atoms with E-state index in [9.17, 15) is 8.78 Å². The van der Waals surface area contributed by atoms with Gasteiger partial charge in [-0.05, 0) is 114 Å². The maximum absolute atomic E-state index is 15.1. The summed E-state index contributed by atoms with van der Waals surface area (Å²) < 4.78 is 32.0. The van der Waals surface area contributed by atoms with Crippen molar-refractivity contribution >= 4 is 34.9 Å². The number of aliphatic imine (C=N–C) groups is 2. The Hall–Kier alpha value is -5.65. The Morgan fingerprint density at radius 1 is 0.736 bits per heavy atom. The fourth-order valence-corrected chi connectivity index (χ4v) is 7.03. The number of aromatic nitrogens is 4. The first-order chi connectivity index (χ1) is 25.5. The van der Waals surface area contributed by atoms with Crippen LogP contribution in [0.15, 0.2) is 89.1 Å². The van der Waals surface area contributed by atoms with Gasteiger partial charge in [0.1, 0.15) is 40.4 Å². The summed E-state index contributed by atoms with van der Waals surface area (Å²) in [6.45, 7) is 10.1. The standard InChI is InChI=1S/C41H43F2N9O/c1-23(2)51-38(49-36(46-30-17-18-30)26-9-13-28(42)14-10-26)33(21-44-51)41(32-8-6-7-25(5)35(32)48-40(41)53)34-22-45-52(24(3)4)39(34)50-37(47-31-19-20-31)27-11-15-29(43)16-12-27/h6-16,21-24,30-31H,17-20H2,1-5H3,(H,46,49)(H,47,50)(H,48,53). The second kappa shape index (κ2) is 13.4. The summed E-state index contributed by atoms with van der Waals surface area (Å²) in [7, 11) is 0. The molecule has 5 aromatic rings. The highest BCUT2D eigenvalue weighted by molar-refractivity contribution is 6.16. The maximum Gasteiger partial charge on any atom is 0.244 e. The molecule has 0 atom stereocenters. The van der Waals surface area contributed by atoms with Gasteiger partial charge in [-0.2, -0.15) is 10.2 Å². The Labute approximate surface area is 307 Å². The lowest BCUT2D eigenvalue weighted by atomic mass is 9.71. The number of anilines is 3. The molecule has 2 aliphatic carbocycles. The van der Waals surface area contributed by atoms with Crippen LogP contribution in [0.2, 0.25) is 0 Å². The number of carbonyl (C=O) groups is 1. The van der Waals surface area contributed by atoms with E-state index in [-0.39, 0.29) is 41.7 Å². The molecule has 1 aliphatic heterocycles. The Morgan fingerprint density at radius 2 is 1.19 bits per heavy atom. The van der Waals surface area contributed by atoms with E-state index in [1.807, 2.05) is 62.2 Å². The molecule has 3 heterocycles. The smallest absolute Gasteiger partial charge is 0.244 e. The van der Waals surface area contributed by atoms with Gasteiger partial charge in [-0.25, -0.2) is 18.1 Å². The number of para-hydroxylation sites is 1. The number of carbonyl (C=O) groups excluding carboxylic acids is 1. The van der Waals surface area contributed by atoms with E-state index in [0.29, 0.717) is 34.4 Å². The third kappa shape index (κ3) is 6.29. The van der Waals surface area contributed by atoms with Crippen LogP contribution in [0.4, 0.5) is 26.1 Å². The summed E-state index contributed by atoms with van der Waals surface area (Å²) >= 11 is 0. The highest BCUT2D eigenvalue weighted by Crippen LogP contribution is 2.53. The van der Waals surface area contributed by atoms with E-state index in [4.69, 9.17) is 20.2 Å². The SMILES string of the molecule is Cc1cccc2c1NC(=O)C2(c1cnn(C(C)C)c1NC(=NC1CC1)c1ccc(F)cc1)c1cnn(C(C)C)c1NC(=NC1CC1)c1ccc(F)cc1. The minimum absolute atomic E-state index is 0.105. The average Bonchev–Trinajstić information content (AvgIpc) is 4.02. The molecule has 2 saturated carbocycles. The third-order valence-electron chi connectivity index (χ3n) is 10.1. The first-order valence-electron chi connectivity index (χ1n) is 18.3. The van der Waals surface area contributed by atoms with E-state index in [1.54, 1.807) is 36.7 Å². The van der Waals surface area contributed by atoms with Crippen LogP contribution in [0.3, 0.4) is 0 Å². The number of amidine groups is 2. The van der Waals surface area contributed by atoms with Crippen molar-refractivity contribution in [2.75, 3.05) is 16.0 Å². The molecule has 10 nitrogen and oxygen atoms in total. The van der Waals surface area contributed by atoms with Crippen molar-refractivity contribution in [3.8, 4) is 0 Å². The van der Waals surface area contributed by atoms with Crippen LogP contribution in [-0.2, 0) is 10.2 Å². The fourth-order valence-electron chi connectivity index (χ4n) is 7.03. The van der Waals surface area contributed by atoms with Crippen LogP contribution < -0.4 is 16.0 Å². The number of nitrogens with one attached hydrogen (secondary N) is 3. The lowest BCUT2D eigenvalue weighted by molar-refractivity contribution is -0.118. The summed E-state index contributed by atoms with van der Waals surface area (Å²) in [6.07, 6.45) is 7.37. The number of amides is 1. The number of halogens is 2. The summed E-state index contributed by atoms with van der Waals surface area (Å²) in [5.74, 6) is 1.37. The second-order valence-corrected chi connectivity index (χ2v) is 14.8. The van der Waals surface area contributed by atoms with Crippen molar-refractivity contribution in [3.63, 3.8) is 0 Å². The van der Waals surface area contributed by atoms with E-state index < -0.39 is 5.41 Å². The topological polar surface area (TPSA) is 114 Å². The molecule has 0 radical (unpaired) electrons. The van der Waals surface area contributed by atoms with Crippen LogP contribution in [0, 0.1) is 18.6 Å². The lowest BCUT2D eigenvalue weighted by Crippen LogP contribution is -2.39. The molecule has 2 aromatic heterocycles. The van der Waals surface area contributed by atoms with Crippen LogP contribution in [-0.4, -0.2) is 49.2 Å². The fraction of sp³-hybridized carbons (Fsp3) is 0.341. The molecule has 8 rings (SSSR count). The van der Waals surface area contributed by atoms with Gasteiger partial charge in [0.25, 0.3) is 0 Å². The zero-order chi connectivity index (χ0) is 37.0. The predicted molar refractivity (Wildman–Crippen MR) is 204 cm³/mol. The van der Waals surface area contributed by atoms with Crippen molar-refractivity contribution in [1.29, 1.82) is 0 Å². The molecule has 1 amide bonds. The number of rotatable bonds is 10. The van der Waals surface area contributed by atoms with Crippen molar-refractivity contribution in [3.05, 3.63) is 124 Å². The molecular formula is C41H43F2N9O. The molecule has 272 valence electrons. The van der Waals surface area contributed by atoms with Crippen LogP contribution in [0.5, 0.6) is 0 Å². The maximum atomic E-state index is 15.1. The Balaban J connectivity index is 1.37. The van der Waals surface area contributed by atoms with Crippen molar-refractivity contribution in [2.24, 2.45) is 9.98 Å². The molecule has 3 N–H and O–H groups in total. The van der Waals surface area contributed by atoms with E-state index in [0.717, 1.165) is 53.6 Å². The summed E-state index contributed by atoms with van der Waals surface area (Å²) in [5, 5.41) is 20.3. The number of aryl methyl sites for hydroxylation is 1. The van der Waals surface area contributed by atoms with Crippen molar-refractivity contribution in [1.82, 2.24) is 19.6 Å². The molecule has 0 spiro atoms. The number of fused-ring (bicyclic) bond motifs is 1. The van der Waals surface area contributed by atoms with Crippen molar-refractivity contribution in [2.45, 2.75) is 89.9 Å². The predicted octanol–water partition coefficient (Wildman–Crippen LogP) is 8.16. The van der Waals surface area contributed by atoms with Gasteiger partial charge in [0.05, 0.1) is 24.5 Å². The quantitative estimate of drug-likeness (QED) is 0.0998. The summed E-state index contributed by atoms with van der Waals surface area (Å²) in [6, 6.07) is 18.5. The average molecular weight is 716 g/mol. The molecule has 3 aliphatic rings. The van der Waals surface area contributed by atoms with Gasteiger partial charge in [-0.1, -0.05) is 18.2 Å². The second-order valence-electron chi connectivity index (χ2n) is 14.8. The minimum atomic E-state index is -1.45. The summed E-state index contributed by atoms with van der Waals surface area (Å²) in [5.41, 5.74) is 3.59. The van der Waals surface area contributed by atoms with Gasteiger partial charge in [-0.3, -0.25) is 14.8 Å². The van der Waals surface area contributed by atoms with Gasteiger partial charge in [0.15, 0.2) is 0 Å². The van der Waals surface area contributed by atoms with Crippen LogP contribution >= 0.6 is 0 Å². The number of nitrogens with zero attached hydrogens (tertiary/aromatic N) is 6. The number of benzene rings is 3. The Kier molecular flexibility index (Phi) is 8.71. The number of hydrogen-bond donors (Lipinski definition) is 3. The van der Waals surface area contributed by atoms with Crippen molar-refractivity contribution < 1.29 is 13.6 Å². The summed E-state index contributed by atoms with van der Waals surface area (Å²) in [4.78, 5) is 25.2. The molecule has 0 unspecified atom stereocenters. The molecule has 0 bridgehead atoms. The minimum Gasteiger partial charge on any atom is -0.325 e. The Bertz CT molecular complexity index is 2120. The van der Waals surface area contributed by atoms with E-state index in [2.05, 4.69) is 16.0 Å². The molecule has 0 saturated heterocycles. The van der Waals surface area contributed by atoms with Gasteiger partial charge in [0.2, 0.25) is 5.91 Å². The molecule has 3 aromatic carbocycles. The zero-order valence-electron chi connectivity index (χ0n) is 30.5. The monoisotopic (exact) mass is 715 g/mol. The van der Waals surface area contributed by atoms with Gasteiger partial charge in [-0.15, -0.1) is 0 Å². The van der Waals surface area contributed by atoms with E-state index in [1.165, 1.54) is 24.3 Å². The highest BCUT2D eigenvalue weighted by Gasteiger charge is 2.55. The molecule has 12 heteroatoms. The highest BCUT2D eigenvalue weighted by atomic mass is 19.1. The molecular weight excluding hydrogens is 673 g/mol. The van der Waals surface area contributed by atoms with E-state index >= 15 is 4.79 Å². The van der Waals surface area contributed by atoms with Gasteiger partial charge in [0, 0.05) is 45.6 Å². The van der Waals surface area contributed by atoms with Crippen LogP contribution in [0.1, 0.15) is 98.8 Å². The molecule has 53 heavy (non-hydrogen) atoms. The van der Waals surface area contributed by atoms with Gasteiger partial charge < -0.3 is 16.0 Å². The largest absolute Gasteiger partial charge is 0.325 e. The van der Waals surface area contributed by atoms with Gasteiger partial charge >= 0.3 is 0 Å².